The fraction of sp³-hybridized carbons (Fsp3) is 0.233. The lowest BCUT2D eigenvalue weighted by Crippen LogP contribution is -2.33. The van der Waals surface area contributed by atoms with Gasteiger partial charge in [-0.3, -0.25) is 19.2 Å². The molecule has 0 radical (unpaired) electrons. The van der Waals surface area contributed by atoms with Gasteiger partial charge in [-0.1, -0.05) is 12.1 Å². The zero-order chi connectivity index (χ0) is 32.8. The molecule has 0 aromatic heterocycles. The van der Waals surface area contributed by atoms with E-state index in [0.717, 1.165) is 33.1 Å². The second-order valence-corrected chi connectivity index (χ2v) is 8.53. The molecule has 2 aromatic rings. The zero-order valence-corrected chi connectivity index (χ0v) is 24.3. The smallest absolute Gasteiger partial charge is 0.350 e. The maximum absolute atomic E-state index is 12.4. The number of carbonyl (C=O) groups is 7. The molecule has 0 fully saturated rings. The molecule has 14 nitrogen and oxygen atoms in total. The van der Waals surface area contributed by atoms with Crippen LogP contribution >= 0.6 is 0 Å². The zero-order valence-electron chi connectivity index (χ0n) is 24.3. The van der Waals surface area contributed by atoms with Crippen LogP contribution in [0.2, 0.25) is 0 Å². The van der Waals surface area contributed by atoms with Crippen molar-refractivity contribution < 1.29 is 66.7 Å². The lowest BCUT2D eigenvalue weighted by molar-refractivity contribution is -0.169. The van der Waals surface area contributed by atoms with E-state index in [4.69, 9.17) is 28.4 Å². The minimum atomic E-state index is -1.61. The van der Waals surface area contributed by atoms with E-state index in [-0.39, 0.29) is 23.0 Å². The van der Waals surface area contributed by atoms with Gasteiger partial charge < -0.3 is 33.2 Å². The van der Waals surface area contributed by atoms with E-state index < -0.39 is 54.5 Å². The van der Waals surface area contributed by atoms with E-state index in [0.29, 0.717) is 11.1 Å². The van der Waals surface area contributed by atoms with Crippen LogP contribution in [0.3, 0.4) is 0 Å². The van der Waals surface area contributed by atoms with Gasteiger partial charge in [-0.2, -0.15) is 0 Å². The van der Waals surface area contributed by atoms with Gasteiger partial charge in [0.15, 0.2) is 23.0 Å². The Bertz CT molecular complexity index is 1500. The first-order valence-corrected chi connectivity index (χ1v) is 12.6. The van der Waals surface area contributed by atoms with E-state index in [2.05, 4.69) is 4.74 Å². The summed E-state index contributed by atoms with van der Waals surface area (Å²) in [6.45, 7) is 3.96. The maximum Gasteiger partial charge on any atom is 0.350 e. The van der Waals surface area contributed by atoms with Gasteiger partial charge in [-0.25, -0.2) is 14.4 Å². The topological polar surface area (TPSA) is 184 Å². The SMILES string of the molecule is COC(=O)C(COC(=O)/C=C/c1ccc(OC(C)=O)c(OC(C)=O)c1)OC(=O)/C=C/c1ccc(OC(C)=O)c(OC(C)=O)c1. The van der Waals surface area contributed by atoms with Gasteiger partial charge in [0, 0.05) is 39.8 Å². The number of carbonyl (C=O) groups excluding carboxylic acids is 7. The van der Waals surface area contributed by atoms with Gasteiger partial charge in [-0.15, -0.1) is 0 Å². The highest BCUT2D eigenvalue weighted by Gasteiger charge is 2.25. The van der Waals surface area contributed by atoms with Gasteiger partial charge in [-0.05, 0) is 47.5 Å². The molecule has 0 amide bonds. The van der Waals surface area contributed by atoms with E-state index >= 15 is 0 Å². The molecule has 2 aromatic carbocycles. The molecule has 44 heavy (non-hydrogen) atoms. The van der Waals surface area contributed by atoms with Crippen molar-refractivity contribution >= 4 is 53.9 Å². The molecule has 232 valence electrons. The second-order valence-electron chi connectivity index (χ2n) is 8.53. The van der Waals surface area contributed by atoms with Crippen molar-refractivity contribution in [3.8, 4) is 23.0 Å². The molecule has 0 saturated carbocycles. The Morgan fingerprint density at radius 2 is 1.02 bits per heavy atom. The van der Waals surface area contributed by atoms with Gasteiger partial charge in [0.25, 0.3) is 0 Å². The Morgan fingerprint density at radius 3 is 1.43 bits per heavy atom. The highest BCUT2D eigenvalue weighted by atomic mass is 16.6. The fourth-order valence-electron chi connectivity index (χ4n) is 3.20. The van der Waals surface area contributed by atoms with Crippen molar-refractivity contribution in [3.05, 3.63) is 59.7 Å². The average molecular weight is 613 g/mol. The summed E-state index contributed by atoms with van der Waals surface area (Å²) in [6.07, 6.45) is 2.90. The summed E-state index contributed by atoms with van der Waals surface area (Å²) < 4.78 is 34.7. The normalized spacial score (nSPS) is 11.3. The molecule has 0 N–H and O–H groups in total. The van der Waals surface area contributed by atoms with E-state index in [1.807, 2.05) is 0 Å². The van der Waals surface area contributed by atoms with Crippen LogP contribution in [-0.4, -0.2) is 61.6 Å². The molecule has 2 rings (SSSR count). The Labute approximate surface area is 251 Å². The van der Waals surface area contributed by atoms with Crippen LogP contribution in [0.25, 0.3) is 12.2 Å². The summed E-state index contributed by atoms with van der Waals surface area (Å²) in [7, 11) is 1.04. The molecule has 0 aliphatic carbocycles. The van der Waals surface area contributed by atoms with Gasteiger partial charge in [0.05, 0.1) is 7.11 Å². The first-order valence-electron chi connectivity index (χ1n) is 12.6. The standard InChI is InChI=1S/C30H28O14/c1-17(31)40-23-10-6-21(14-25(23)42-19(3)33)8-12-28(35)39-16-27(30(37)38-5)44-29(36)13-9-22-7-11-24(41-18(2)32)26(15-22)43-20(4)34/h6-15,27H,16H2,1-5H3/b12-8+,13-9+. The van der Waals surface area contributed by atoms with Crippen molar-refractivity contribution in [2.75, 3.05) is 13.7 Å². The van der Waals surface area contributed by atoms with Crippen molar-refractivity contribution in [2.45, 2.75) is 33.8 Å². The summed E-state index contributed by atoms with van der Waals surface area (Å²) in [4.78, 5) is 82.1. The molecule has 0 aliphatic rings. The lowest BCUT2D eigenvalue weighted by Gasteiger charge is -2.14. The van der Waals surface area contributed by atoms with Crippen molar-refractivity contribution in [2.24, 2.45) is 0 Å². The van der Waals surface area contributed by atoms with Crippen molar-refractivity contribution in [1.29, 1.82) is 0 Å². The van der Waals surface area contributed by atoms with Crippen molar-refractivity contribution in [3.63, 3.8) is 0 Å². The highest BCUT2D eigenvalue weighted by Crippen LogP contribution is 2.30. The van der Waals surface area contributed by atoms with Crippen LogP contribution in [-0.2, 0) is 47.8 Å². The molecule has 1 atom stereocenters. The van der Waals surface area contributed by atoms with Crippen LogP contribution in [0.15, 0.2) is 48.6 Å². The summed E-state index contributed by atoms with van der Waals surface area (Å²) in [6, 6.07) is 8.30. The first kappa shape index (κ1) is 34.4. The maximum atomic E-state index is 12.4. The second kappa shape index (κ2) is 16.6. The Kier molecular flexibility index (Phi) is 13.0. The Morgan fingerprint density at radius 1 is 0.614 bits per heavy atom. The molecule has 1 unspecified atom stereocenters. The molecule has 0 saturated heterocycles. The highest BCUT2D eigenvalue weighted by molar-refractivity contribution is 5.90. The Balaban J connectivity index is 2.07. The minimum absolute atomic E-state index is 0.00643. The quantitative estimate of drug-likeness (QED) is 0.147. The lowest BCUT2D eigenvalue weighted by atomic mass is 10.2. The van der Waals surface area contributed by atoms with Crippen LogP contribution in [0.5, 0.6) is 23.0 Å². The van der Waals surface area contributed by atoms with E-state index in [1.165, 1.54) is 62.4 Å². The number of rotatable bonds is 12. The summed E-state index contributed by atoms with van der Waals surface area (Å²) in [5.41, 5.74) is 0.714. The number of benzene rings is 2. The molecule has 0 bridgehead atoms. The number of esters is 7. The fourth-order valence-corrected chi connectivity index (χ4v) is 3.20. The summed E-state index contributed by atoms with van der Waals surface area (Å²) >= 11 is 0. The first-order chi connectivity index (χ1) is 20.8. The monoisotopic (exact) mass is 612 g/mol. The molecule has 0 aliphatic heterocycles. The predicted octanol–water partition coefficient (Wildman–Crippen LogP) is 2.74. The molecular formula is C30H28O14. The molecule has 14 heteroatoms. The molecule has 0 heterocycles. The average Bonchev–Trinajstić information content (AvgIpc) is 2.93. The van der Waals surface area contributed by atoms with E-state index in [1.54, 1.807) is 0 Å². The number of hydrogen-bond acceptors (Lipinski definition) is 14. The van der Waals surface area contributed by atoms with Gasteiger partial charge >= 0.3 is 41.8 Å². The molecule has 0 spiro atoms. The predicted molar refractivity (Wildman–Crippen MR) is 149 cm³/mol. The third-order valence-corrected chi connectivity index (χ3v) is 4.87. The van der Waals surface area contributed by atoms with E-state index in [9.17, 15) is 33.6 Å². The van der Waals surface area contributed by atoms with Gasteiger partial charge in [0.2, 0.25) is 6.10 Å². The summed E-state index contributed by atoms with van der Waals surface area (Å²) in [5, 5.41) is 0. The number of methoxy groups -OCH3 is 1. The minimum Gasteiger partial charge on any atom is -0.466 e. The van der Waals surface area contributed by atoms with Crippen LogP contribution in [0.1, 0.15) is 38.8 Å². The van der Waals surface area contributed by atoms with Crippen LogP contribution in [0.4, 0.5) is 0 Å². The number of ether oxygens (including phenoxy) is 7. The van der Waals surface area contributed by atoms with Crippen LogP contribution in [0, 0.1) is 0 Å². The van der Waals surface area contributed by atoms with Gasteiger partial charge in [0.1, 0.15) is 6.61 Å². The third kappa shape index (κ3) is 12.0. The number of hydrogen-bond donors (Lipinski definition) is 0. The third-order valence-electron chi connectivity index (χ3n) is 4.87. The Hall–Kier alpha value is -5.79. The largest absolute Gasteiger partial charge is 0.466 e. The van der Waals surface area contributed by atoms with Crippen molar-refractivity contribution in [1.82, 2.24) is 0 Å². The van der Waals surface area contributed by atoms with Crippen LogP contribution < -0.4 is 18.9 Å². The summed E-state index contributed by atoms with van der Waals surface area (Å²) in [5.74, 6) is -5.69. The molecular weight excluding hydrogens is 584 g/mol.